The molecule has 4 rings (SSSR count). The second-order valence-electron chi connectivity index (χ2n) is 6.11. The van der Waals surface area contributed by atoms with E-state index in [2.05, 4.69) is 14.7 Å². The number of nitrogens with zero attached hydrogens (tertiary/aromatic N) is 2. The predicted molar refractivity (Wildman–Crippen MR) is 111 cm³/mol. The molecule has 3 aromatic carbocycles. The Balaban J connectivity index is 1.73. The number of benzene rings is 3. The molecule has 0 radical (unpaired) electrons. The molecule has 0 aliphatic heterocycles. The summed E-state index contributed by atoms with van der Waals surface area (Å²) in [6.45, 7) is 0. The van der Waals surface area contributed by atoms with Crippen molar-refractivity contribution < 1.29 is 13.2 Å². The predicted octanol–water partition coefficient (Wildman–Crippen LogP) is 4.74. The molecule has 1 N–H and O–H groups in total. The SMILES string of the molecule is O=S(=O)(Nc1nc(Oc2ccccc2)cc(-c2ccccc2)n1)c1ccccc1. The molecule has 1 aromatic heterocycles. The van der Waals surface area contributed by atoms with Gasteiger partial charge in [-0.05, 0) is 24.3 Å². The lowest BCUT2D eigenvalue weighted by Crippen LogP contribution is -2.15. The normalized spacial score (nSPS) is 11.0. The summed E-state index contributed by atoms with van der Waals surface area (Å²) in [5, 5.41) is 0. The fraction of sp³-hybridized carbons (Fsp3) is 0. The van der Waals surface area contributed by atoms with E-state index in [9.17, 15) is 8.42 Å². The maximum Gasteiger partial charge on any atom is 0.264 e. The molecule has 0 spiro atoms. The second-order valence-corrected chi connectivity index (χ2v) is 7.80. The Morgan fingerprint density at radius 1 is 0.724 bits per heavy atom. The summed E-state index contributed by atoms with van der Waals surface area (Å²) in [5.74, 6) is 0.749. The van der Waals surface area contributed by atoms with Crippen LogP contribution in [-0.2, 0) is 10.0 Å². The van der Waals surface area contributed by atoms with Crippen LogP contribution < -0.4 is 9.46 Å². The van der Waals surface area contributed by atoms with Gasteiger partial charge in [-0.2, -0.15) is 4.98 Å². The molecule has 0 aliphatic carbocycles. The minimum absolute atomic E-state index is 0.0684. The summed E-state index contributed by atoms with van der Waals surface area (Å²) in [7, 11) is -3.83. The fourth-order valence-corrected chi connectivity index (χ4v) is 3.63. The van der Waals surface area contributed by atoms with E-state index in [0.717, 1.165) is 5.56 Å². The summed E-state index contributed by atoms with van der Waals surface area (Å²) in [6, 6.07) is 28.3. The van der Waals surface area contributed by atoms with Gasteiger partial charge < -0.3 is 4.74 Å². The van der Waals surface area contributed by atoms with E-state index in [1.165, 1.54) is 12.1 Å². The number of ether oxygens (including phenoxy) is 1. The zero-order chi connectivity index (χ0) is 20.1. The van der Waals surface area contributed by atoms with Gasteiger partial charge in [0.2, 0.25) is 11.8 Å². The quantitative estimate of drug-likeness (QED) is 0.503. The monoisotopic (exact) mass is 403 g/mol. The lowest BCUT2D eigenvalue weighted by Gasteiger charge is -2.11. The van der Waals surface area contributed by atoms with Crippen LogP contribution in [0.4, 0.5) is 5.95 Å². The average Bonchev–Trinajstić information content (AvgIpc) is 2.75. The number of aromatic nitrogens is 2. The molecular formula is C22H17N3O3S. The number of sulfonamides is 1. The molecule has 7 heteroatoms. The van der Waals surface area contributed by atoms with Gasteiger partial charge in [-0.15, -0.1) is 0 Å². The third-order valence-electron chi connectivity index (χ3n) is 4.02. The Hall–Kier alpha value is -3.71. The number of rotatable bonds is 6. The molecule has 29 heavy (non-hydrogen) atoms. The van der Waals surface area contributed by atoms with Gasteiger partial charge in [-0.25, -0.2) is 18.1 Å². The molecule has 144 valence electrons. The first kappa shape index (κ1) is 18.6. The van der Waals surface area contributed by atoms with E-state index < -0.39 is 10.0 Å². The third-order valence-corrected chi connectivity index (χ3v) is 5.36. The lowest BCUT2D eigenvalue weighted by atomic mass is 10.1. The largest absolute Gasteiger partial charge is 0.439 e. The molecule has 0 atom stereocenters. The number of nitrogens with one attached hydrogen (secondary N) is 1. The van der Waals surface area contributed by atoms with Crippen LogP contribution >= 0.6 is 0 Å². The van der Waals surface area contributed by atoms with Crippen molar-refractivity contribution in [3.05, 3.63) is 97.1 Å². The van der Waals surface area contributed by atoms with Gasteiger partial charge in [0.25, 0.3) is 10.0 Å². The molecule has 0 saturated heterocycles. The van der Waals surface area contributed by atoms with E-state index >= 15 is 0 Å². The first-order valence-electron chi connectivity index (χ1n) is 8.85. The number of anilines is 1. The maximum atomic E-state index is 12.7. The Bertz CT molecular complexity index is 1200. The van der Waals surface area contributed by atoms with Crippen LogP contribution in [0.3, 0.4) is 0 Å². The van der Waals surface area contributed by atoms with Gasteiger partial charge in [0.05, 0.1) is 10.6 Å². The number of hydrogen-bond donors (Lipinski definition) is 1. The minimum atomic E-state index is -3.83. The van der Waals surface area contributed by atoms with E-state index in [1.807, 2.05) is 48.5 Å². The molecule has 0 saturated carbocycles. The summed E-state index contributed by atoms with van der Waals surface area (Å²) < 4.78 is 33.6. The van der Waals surface area contributed by atoms with Crippen LogP contribution in [-0.4, -0.2) is 18.4 Å². The number of para-hydroxylation sites is 1. The van der Waals surface area contributed by atoms with Crippen LogP contribution in [0.5, 0.6) is 11.6 Å². The van der Waals surface area contributed by atoms with Crippen molar-refractivity contribution in [2.24, 2.45) is 0 Å². The number of hydrogen-bond acceptors (Lipinski definition) is 5. The Morgan fingerprint density at radius 3 is 1.97 bits per heavy atom. The molecular weight excluding hydrogens is 386 g/mol. The van der Waals surface area contributed by atoms with Crippen molar-refractivity contribution in [2.75, 3.05) is 4.72 Å². The van der Waals surface area contributed by atoms with Gasteiger partial charge in [-0.3, -0.25) is 0 Å². The van der Waals surface area contributed by atoms with Crippen LogP contribution in [0.2, 0.25) is 0 Å². The van der Waals surface area contributed by atoms with Crippen molar-refractivity contribution in [3.8, 4) is 22.9 Å². The highest BCUT2D eigenvalue weighted by Crippen LogP contribution is 2.26. The van der Waals surface area contributed by atoms with Crippen molar-refractivity contribution in [1.82, 2.24) is 9.97 Å². The Labute approximate surface area is 168 Å². The van der Waals surface area contributed by atoms with Crippen molar-refractivity contribution in [2.45, 2.75) is 4.90 Å². The first-order valence-corrected chi connectivity index (χ1v) is 10.3. The molecule has 0 amide bonds. The van der Waals surface area contributed by atoms with Crippen LogP contribution in [0.25, 0.3) is 11.3 Å². The zero-order valence-electron chi connectivity index (χ0n) is 15.3. The topological polar surface area (TPSA) is 81.2 Å². The molecule has 4 aromatic rings. The summed E-state index contributed by atoms with van der Waals surface area (Å²) in [6.07, 6.45) is 0. The van der Waals surface area contributed by atoms with Crippen molar-refractivity contribution in [3.63, 3.8) is 0 Å². The van der Waals surface area contributed by atoms with Crippen LogP contribution in [0, 0.1) is 0 Å². The van der Waals surface area contributed by atoms with E-state index in [4.69, 9.17) is 4.74 Å². The van der Waals surface area contributed by atoms with Crippen molar-refractivity contribution >= 4 is 16.0 Å². The van der Waals surface area contributed by atoms with Gasteiger partial charge >= 0.3 is 0 Å². The van der Waals surface area contributed by atoms with Gasteiger partial charge in [0, 0.05) is 11.6 Å². The van der Waals surface area contributed by atoms with E-state index in [1.54, 1.807) is 36.4 Å². The molecule has 0 unspecified atom stereocenters. The highest BCUT2D eigenvalue weighted by atomic mass is 32.2. The highest BCUT2D eigenvalue weighted by molar-refractivity contribution is 7.92. The second kappa shape index (κ2) is 8.12. The summed E-state index contributed by atoms with van der Waals surface area (Å²) in [5.41, 5.74) is 1.35. The Morgan fingerprint density at radius 2 is 1.31 bits per heavy atom. The van der Waals surface area contributed by atoms with Gasteiger partial charge in [0.1, 0.15) is 5.75 Å². The molecule has 1 heterocycles. The zero-order valence-corrected chi connectivity index (χ0v) is 16.1. The molecule has 0 bridgehead atoms. The van der Waals surface area contributed by atoms with Crippen LogP contribution in [0.1, 0.15) is 0 Å². The smallest absolute Gasteiger partial charge is 0.264 e. The van der Waals surface area contributed by atoms with Crippen molar-refractivity contribution in [1.29, 1.82) is 0 Å². The Kier molecular flexibility index (Phi) is 5.22. The average molecular weight is 403 g/mol. The third kappa shape index (κ3) is 4.59. The molecule has 0 fully saturated rings. The standard InChI is InChI=1S/C22H17N3O3S/c26-29(27,19-14-8-3-9-15-19)25-22-23-20(17-10-4-1-5-11-17)16-21(24-22)28-18-12-6-2-7-13-18/h1-16H,(H,23,24,25). The lowest BCUT2D eigenvalue weighted by molar-refractivity contribution is 0.463. The fourth-order valence-electron chi connectivity index (χ4n) is 2.67. The van der Waals surface area contributed by atoms with Gasteiger partial charge in [-0.1, -0.05) is 66.7 Å². The molecule has 0 aliphatic rings. The first-order chi connectivity index (χ1) is 14.1. The summed E-state index contributed by atoms with van der Waals surface area (Å²) in [4.78, 5) is 8.74. The molecule has 6 nitrogen and oxygen atoms in total. The van der Waals surface area contributed by atoms with E-state index in [-0.39, 0.29) is 16.7 Å². The van der Waals surface area contributed by atoms with Crippen LogP contribution in [0.15, 0.2) is 102 Å². The summed E-state index contributed by atoms with van der Waals surface area (Å²) >= 11 is 0. The van der Waals surface area contributed by atoms with E-state index in [0.29, 0.717) is 11.4 Å². The highest BCUT2D eigenvalue weighted by Gasteiger charge is 2.17. The minimum Gasteiger partial charge on any atom is -0.439 e. The van der Waals surface area contributed by atoms with Gasteiger partial charge in [0.15, 0.2) is 0 Å². The maximum absolute atomic E-state index is 12.7.